The van der Waals surface area contributed by atoms with Crippen LogP contribution in [-0.2, 0) is 0 Å². The van der Waals surface area contributed by atoms with Crippen molar-refractivity contribution in [3.8, 4) is 0 Å². The largest absolute Gasteiger partial charge is 0.333 e. The SMILES string of the molecule is CC1(CN)CCN(C(=O)NC(C)(C)C)CC1. The van der Waals surface area contributed by atoms with Crippen molar-refractivity contribution in [2.24, 2.45) is 11.1 Å². The number of carbonyl (C=O) groups is 1. The predicted octanol–water partition coefficient (Wildman–Crippen LogP) is 1.56. The molecular weight excluding hydrogens is 202 g/mol. The van der Waals surface area contributed by atoms with Gasteiger partial charge in [0.2, 0.25) is 0 Å². The number of urea groups is 1. The van der Waals surface area contributed by atoms with Crippen molar-refractivity contribution in [3.05, 3.63) is 0 Å². The maximum Gasteiger partial charge on any atom is 0.317 e. The molecule has 0 aromatic rings. The van der Waals surface area contributed by atoms with Crippen molar-refractivity contribution in [1.29, 1.82) is 0 Å². The topological polar surface area (TPSA) is 58.4 Å². The van der Waals surface area contributed by atoms with E-state index >= 15 is 0 Å². The zero-order valence-electron chi connectivity index (χ0n) is 11.0. The number of carbonyl (C=O) groups excluding carboxylic acids is 1. The van der Waals surface area contributed by atoms with Crippen LogP contribution in [0.15, 0.2) is 0 Å². The minimum atomic E-state index is -0.161. The van der Waals surface area contributed by atoms with Crippen LogP contribution in [0.5, 0.6) is 0 Å². The van der Waals surface area contributed by atoms with Crippen LogP contribution in [0.4, 0.5) is 4.79 Å². The minimum absolute atomic E-state index is 0.0478. The molecule has 1 aliphatic rings. The Balaban J connectivity index is 2.45. The Hall–Kier alpha value is -0.770. The lowest BCUT2D eigenvalue weighted by molar-refractivity contribution is 0.129. The molecule has 2 amide bonds. The molecule has 1 fully saturated rings. The van der Waals surface area contributed by atoms with Crippen LogP contribution in [-0.4, -0.2) is 36.1 Å². The first kappa shape index (κ1) is 13.3. The summed E-state index contributed by atoms with van der Waals surface area (Å²) in [5, 5.41) is 2.99. The molecule has 0 spiro atoms. The standard InChI is InChI=1S/C12H25N3O/c1-11(2,3)14-10(16)15-7-5-12(4,9-13)6-8-15/h5-9,13H2,1-4H3,(H,14,16). The van der Waals surface area contributed by atoms with E-state index in [1.165, 1.54) is 0 Å². The summed E-state index contributed by atoms with van der Waals surface area (Å²) >= 11 is 0. The quantitative estimate of drug-likeness (QED) is 0.714. The Bertz CT molecular complexity index is 249. The fourth-order valence-electron chi connectivity index (χ4n) is 1.85. The minimum Gasteiger partial charge on any atom is -0.333 e. The van der Waals surface area contributed by atoms with Gasteiger partial charge in [-0.25, -0.2) is 4.79 Å². The first-order chi connectivity index (χ1) is 7.26. The molecule has 0 aromatic carbocycles. The van der Waals surface area contributed by atoms with Gasteiger partial charge in [-0.3, -0.25) is 0 Å². The molecule has 1 saturated heterocycles. The van der Waals surface area contributed by atoms with E-state index < -0.39 is 0 Å². The molecule has 16 heavy (non-hydrogen) atoms. The summed E-state index contributed by atoms with van der Waals surface area (Å²) in [6.07, 6.45) is 2.00. The van der Waals surface area contributed by atoms with Gasteiger partial charge in [0, 0.05) is 18.6 Å². The zero-order valence-corrected chi connectivity index (χ0v) is 11.0. The summed E-state index contributed by atoms with van der Waals surface area (Å²) in [4.78, 5) is 13.8. The Morgan fingerprint density at radius 1 is 1.38 bits per heavy atom. The van der Waals surface area contributed by atoms with Crippen LogP contribution < -0.4 is 11.1 Å². The highest BCUT2D eigenvalue weighted by Gasteiger charge is 2.31. The van der Waals surface area contributed by atoms with Gasteiger partial charge in [-0.05, 0) is 45.6 Å². The Kier molecular flexibility index (Phi) is 3.84. The highest BCUT2D eigenvalue weighted by molar-refractivity contribution is 5.75. The monoisotopic (exact) mass is 227 g/mol. The summed E-state index contributed by atoms with van der Waals surface area (Å²) in [5.41, 5.74) is 5.80. The number of hydrogen-bond donors (Lipinski definition) is 2. The molecule has 1 heterocycles. The van der Waals surface area contributed by atoms with E-state index in [9.17, 15) is 4.79 Å². The van der Waals surface area contributed by atoms with Crippen LogP contribution in [0.1, 0.15) is 40.5 Å². The van der Waals surface area contributed by atoms with Crippen molar-refractivity contribution in [1.82, 2.24) is 10.2 Å². The number of nitrogens with zero attached hydrogens (tertiary/aromatic N) is 1. The molecule has 0 aliphatic carbocycles. The fraction of sp³-hybridized carbons (Fsp3) is 0.917. The predicted molar refractivity (Wildman–Crippen MR) is 66.3 cm³/mol. The van der Waals surface area contributed by atoms with Gasteiger partial charge in [-0.2, -0.15) is 0 Å². The number of hydrogen-bond acceptors (Lipinski definition) is 2. The maximum absolute atomic E-state index is 11.9. The number of rotatable bonds is 1. The maximum atomic E-state index is 11.9. The summed E-state index contributed by atoms with van der Waals surface area (Å²) in [5.74, 6) is 0. The summed E-state index contributed by atoms with van der Waals surface area (Å²) in [6.45, 7) is 10.5. The molecule has 94 valence electrons. The van der Waals surface area contributed by atoms with Crippen molar-refractivity contribution in [2.75, 3.05) is 19.6 Å². The zero-order chi connectivity index (χ0) is 12.4. The van der Waals surface area contributed by atoms with E-state index in [0.29, 0.717) is 6.54 Å². The van der Waals surface area contributed by atoms with E-state index in [4.69, 9.17) is 5.73 Å². The molecule has 0 radical (unpaired) electrons. The lowest BCUT2D eigenvalue weighted by Crippen LogP contribution is -2.52. The normalized spacial score (nSPS) is 20.7. The summed E-state index contributed by atoms with van der Waals surface area (Å²) in [7, 11) is 0. The van der Waals surface area contributed by atoms with Gasteiger partial charge in [0.25, 0.3) is 0 Å². The molecule has 0 unspecified atom stereocenters. The molecule has 0 aromatic heterocycles. The third-order valence-electron chi connectivity index (χ3n) is 3.23. The van der Waals surface area contributed by atoms with E-state index in [1.807, 2.05) is 25.7 Å². The summed E-state index contributed by atoms with van der Waals surface area (Å²) < 4.78 is 0. The number of likely N-dealkylation sites (tertiary alicyclic amines) is 1. The van der Waals surface area contributed by atoms with Crippen LogP contribution in [0.3, 0.4) is 0 Å². The molecule has 0 atom stereocenters. The van der Waals surface area contributed by atoms with Crippen molar-refractivity contribution in [3.63, 3.8) is 0 Å². The summed E-state index contributed by atoms with van der Waals surface area (Å²) in [6, 6.07) is 0.0478. The lowest BCUT2D eigenvalue weighted by Gasteiger charge is -2.39. The lowest BCUT2D eigenvalue weighted by atomic mass is 9.81. The van der Waals surface area contributed by atoms with Crippen LogP contribution >= 0.6 is 0 Å². The number of nitrogens with two attached hydrogens (primary N) is 1. The molecule has 0 bridgehead atoms. The molecule has 0 saturated carbocycles. The Morgan fingerprint density at radius 3 is 2.25 bits per heavy atom. The van der Waals surface area contributed by atoms with Gasteiger partial charge < -0.3 is 16.0 Å². The second-order valence-corrected chi connectivity index (χ2v) is 6.18. The Morgan fingerprint density at radius 2 is 1.88 bits per heavy atom. The van der Waals surface area contributed by atoms with Gasteiger partial charge in [0.1, 0.15) is 0 Å². The van der Waals surface area contributed by atoms with Gasteiger partial charge in [0.15, 0.2) is 0 Å². The Labute approximate surface area is 98.6 Å². The second-order valence-electron chi connectivity index (χ2n) is 6.18. The number of piperidine rings is 1. The van der Waals surface area contributed by atoms with E-state index in [0.717, 1.165) is 25.9 Å². The van der Waals surface area contributed by atoms with Crippen LogP contribution in [0.2, 0.25) is 0 Å². The first-order valence-electron chi connectivity index (χ1n) is 6.03. The van der Waals surface area contributed by atoms with Crippen LogP contribution in [0.25, 0.3) is 0 Å². The first-order valence-corrected chi connectivity index (χ1v) is 6.03. The second kappa shape index (κ2) is 4.62. The van der Waals surface area contributed by atoms with E-state index in [-0.39, 0.29) is 17.0 Å². The van der Waals surface area contributed by atoms with Crippen molar-refractivity contribution in [2.45, 2.75) is 46.1 Å². The van der Waals surface area contributed by atoms with Crippen molar-refractivity contribution >= 4 is 6.03 Å². The molecule has 1 aliphatic heterocycles. The van der Waals surface area contributed by atoms with Crippen LogP contribution in [0, 0.1) is 5.41 Å². The van der Waals surface area contributed by atoms with Gasteiger partial charge in [-0.15, -0.1) is 0 Å². The average Bonchev–Trinajstić information content (AvgIpc) is 2.16. The third-order valence-corrected chi connectivity index (χ3v) is 3.23. The van der Waals surface area contributed by atoms with Gasteiger partial charge in [-0.1, -0.05) is 6.92 Å². The van der Waals surface area contributed by atoms with Gasteiger partial charge in [0.05, 0.1) is 0 Å². The molecule has 4 nitrogen and oxygen atoms in total. The highest BCUT2D eigenvalue weighted by Crippen LogP contribution is 2.29. The van der Waals surface area contributed by atoms with Gasteiger partial charge >= 0.3 is 6.03 Å². The van der Waals surface area contributed by atoms with Crippen molar-refractivity contribution < 1.29 is 4.79 Å². The number of amides is 2. The highest BCUT2D eigenvalue weighted by atomic mass is 16.2. The molecule has 3 N–H and O–H groups in total. The number of nitrogens with one attached hydrogen (secondary N) is 1. The molecule has 4 heteroatoms. The molecular formula is C12H25N3O. The molecule has 1 rings (SSSR count). The van der Waals surface area contributed by atoms with E-state index in [1.54, 1.807) is 0 Å². The smallest absolute Gasteiger partial charge is 0.317 e. The fourth-order valence-corrected chi connectivity index (χ4v) is 1.85. The average molecular weight is 227 g/mol. The van der Waals surface area contributed by atoms with E-state index in [2.05, 4.69) is 12.2 Å². The third kappa shape index (κ3) is 3.67.